The van der Waals surface area contributed by atoms with Gasteiger partial charge in [0, 0.05) is 10.4 Å². The standard InChI is InChI=1S/C10H4Cl2F3N/c11-7-3-2-6(10(13,14)15)9-5(7)1-4-8(12)16-9/h1-4H. The van der Waals surface area contributed by atoms with E-state index in [-0.39, 0.29) is 21.1 Å². The van der Waals surface area contributed by atoms with E-state index >= 15 is 0 Å². The summed E-state index contributed by atoms with van der Waals surface area (Å²) in [7, 11) is 0. The van der Waals surface area contributed by atoms with Crippen molar-refractivity contribution < 1.29 is 13.2 Å². The molecular weight excluding hydrogens is 262 g/mol. The second-order valence-corrected chi connectivity index (χ2v) is 3.92. The van der Waals surface area contributed by atoms with E-state index in [9.17, 15) is 13.2 Å². The molecule has 1 heterocycles. The average molecular weight is 266 g/mol. The Morgan fingerprint density at radius 1 is 1.00 bits per heavy atom. The third-order valence-electron chi connectivity index (χ3n) is 2.08. The van der Waals surface area contributed by atoms with E-state index in [1.807, 2.05) is 0 Å². The zero-order valence-corrected chi connectivity index (χ0v) is 9.16. The van der Waals surface area contributed by atoms with Crippen molar-refractivity contribution in [2.24, 2.45) is 0 Å². The molecule has 2 aromatic rings. The lowest BCUT2D eigenvalue weighted by Crippen LogP contribution is -2.06. The van der Waals surface area contributed by atoms with E-state index in [0.29, 0.717) is 0 Å². The van der Waals surface area contributed by atoms with Crippen LogP contribution in [-0.4, -0.2) is 4.98 Å². The monoisotopic (exact) mass is 265 g/mol. The van der Waals surface area contributed by atoms with Crippen molar-refractivity contribution in [2.45, 2.75) is 6.18 Å². The number of hydrogen-bond acceptors (Lipinski definition) is 1. The molecule has 0 aliphatic heterocycles. The molecule has 0 radical (unpaired) electrons. The van der Waals surface area contributed by atoms with Crippen molar-refractivity contribution in [3.63, 3.8) is 0 Å². The maximum Gasteiger partial charge on any atom is 0.418 e. The SMILES string of the molecule is FC(F)(F)c1ccc(Cl)c2ccc(Cl)nc12. The molecule has 84 valence electrons. The van der Waals surface area contributed by atoms with Crippen molar-refractivity contribution in [1.29, 1.82) is 0 Å². The highest BCUT2D eigenvalue weighted by atomic mass is 35.5. The van der Waals surface area contributed by atoms with E-state index in [1.54, 1.807) is 0 Å². The lowest BCUT2D eigenvalue weighted by molar-refractivity contribution is -0.136. The maximum absolute atomic E-state index is 12.7. The molecule has 6 heteroatoms. The Morgan fingerprint density at radius 3 is 2.31 bits per heavy atom. The summed E-state index contributed by atoms with van der Waals surface area (Å²) in [6.45, 7) is 0. The van der Waals surface area contributed by atoms with Gasteiger partial charge in [-0.2, -0.15) is 13.2 Å². The number of halogens is 5. The van der Waals surface area contributed by atoms with Gasteiger partial charge >= 0.3 is 6.18 Å². The van der Waals surface area contributed by atoms with Gasteiger partial charge in [-0.15, -0.1) is 0 Å². The Morgan fingerprint density at radius 2 is 1.69 bits per heavy atom. The third-order valence-corrected chi connectivity index (χ3v) is 2.62. The summed E-state index contributed by atoms with van der Waals surface area (Å²) in [5.74, 6) is 0. The molecule has 0 bridgehead atoms. The number of aromatic nitrogens is 1. The number of rotatable bonds is 0. The Labute approximate surface area is 98.8 Å². The zero-order chi connectivity index (χ0) is 11.9. The van der Waals surface area contributed by atoms with Crippen molar-refractivity contribution in [1.82, 2.24) is 4.98 Å². The molecule has 0 saturated heterocycles. The highest BCUT2D eigenvalue weighted by Crippen LogP contribution is 2.36. The summed E-state index contributed by atoms with van der Waals surface area (Å²) in [6.07, 6.45) is -4.47. The molecule has 0 fully saturated rings. The van der Waals surface area contributed by atoms with Crippen LogP contribution in [0.2, 0.25) is 10.2 Å². The van der Waals surface area contributed by atoms with Crippen molar-refractivity contribution in [2.75, 3.05) is 0 Å². The minimum atomic E-state index is -4.47. The van der Waals surface area contributed by atoms with E-state index < -0.39 is 11.7 Å². The number of benzene rings is 1. The molecular formula is C10H4Cl2F3N. The van der Waals surface area contributed by atoms with Crippen LogP contribution < -0.4 is 0 Å². The number of alkyl halides is 3. The zero-order valence-electron chi connectivity index (χ0n) is 7.65. The lowest BCUT2D eigenvalue weighted by atomic mass is 10.1. The van der Waals surface area contributed by atoms with Crippen LogP contribution in [0.3, 0.4) is 0 Å². The van der Waals surface area contributed by atoms with Gasteiger partial charge in [-0.25, -0.2) is 4.98 Å². The second-order valence-electron chi connectivity index (χ2n) is 3.12. The minimum Gasteiger partial charge on any atom is -0.235 e. The first kappa shape index (κ1) is 11.5. The number of hydrogen-bond donors (Lipinski definition) is 0. The third kappa shape index (κ3) is 1.95. The Hall–Kier alpha value is -1.00. The maximum atomic E-state index is 12.7. The lowest BCUT2D eigenvalue weighted by Gasteiger charge is -2.10. The van der Waals surface area contributed by atoms with Crippen molar-refractivity contribution >= 4 is 34.1 Å². The molecule has 1 aromatic heterocycles. The van der Waals surface area contributed by atoms with Gasteiger partial charge in [0.15, 0.2) is 0 Å². The first-order chi connectivity index (χ1) is 7.39. The van der Waals surface area contributed by atoms with Gasteiger partial charge in [-0.05, 0) is 24.3 Å². The number of nitrogens with zero attached hydrogens (tertiary/aromatic N) is 1. The van der Waals surface area contributed by atoms with Crippen LogP contribution in [0.25, 0.3) is 10.9 Å². The molecule has 0 aliphatic carbocycles. The fourth-order valence-electron chi connectivity index (χ4n) is 1.39. The van der Waals surface area contributed by atoms with E-state index in [1.165, 1.54) is 18.2 Å². The Bertz CT molecular complexity index is 551. The van der Waals surface area contributed by atoms with E-state index in [0.717, 1.165) is 6.07 Å². The van der Waals surface area contributed by atoms with Crippen LogP contribution >= 0.6 is 23.2 Å². The molecule has 0 atom stereocenters. The Kier molecular flexibility index (Phi) is 2.72. The molecule has 0 aliphatic rings. The number of fused-ring (bicyclic) bond motifs is 1. The van der Waals surface area contributed by atoms with Gasteiger partial charge in [-0.3, -0.25) is 0 Å². The predicted octanol–water partition coefficient (Wildman–Crippen LogP) is 4.56. The van der Waals surface area contributed by atoms with Gasteiger partial charge in [0.25, 0.3) is 0 Å². The van der Waals surface area contributed by atoms with Crippen LogP contribution in [0.1, 0.15) is 5.56 Å². The summed E-state index contributed by atoms with van der Waals surface area (Å²) in [4.78, 5) is 3.66. The van der Waals surface area contributed by atoms with Crippen molar-refractivity contribution in [3.05, 3.63) is 40.0 Å². The van der Waals surface area contributed by atoms with Crippen LogP contribution in [0.15, 0.2) is 24.3 Å². The summed E-state index contributed by atoms with van der Waals surface area (Å²) >= 11 is 11.4. The molecule has 0 saturated carbocycles. The highest BCUT2D eigenvalue weighted by molar-refractivity contribution is 6.36. The van der Waals surface area contributed by atoms with Crippen LogP contribution in [0, 0.1) is 0 Å². The molecule has 16 heavy (non-hydrogen) atoms. The van der Waals surface area contributed by atoms with Gasteiger partial charge in [-0.1, -0.05) is 23.2 Å². The second kappa shape index (κ2) is 3.79. The average Bonchev–Trinajstić information content (AvgIpc) is 2.15. The number of pyridine rings is 1. The fraction of sp³-hybridized carbons (Fsp3) is 0.100. The summed E-state index contributed by atoms with van der Waals surface area (Å²) in [6, 6.07) is 4.91. The molecule has 1 nitrogen and oxygen atoms in total. The first-order valence-electron chi connectivity index (χ1n) is 4.21. The first-order valence-corrected chi connectivity index (χ1v) is 4.97. The highest BCUT2D eigenvalue weighted by Gasteiger charge is 2.33. The smallest absolute Gasteiger partial charge is 0.235 e. The van der Waals surface area contributed by atoms with Gasteiger partial charge in [0.2, 0.25) is 0 Å². The molecule has 0 unspecified atom stereocenters. The fourth-order valence-corrected chi connectivity index (χ4v) is 1.75. The van der Waals surface area contributed by atoms with Gasteiger partial charge < -0.3 is 0 Å². The van der Waals surface area contributed by atoms with Crippen LogP contribution in [-0.2, 0) is 6.18 Å². The van der Waals surface area contributed by atoms with E-state index in [2.05, 4.69) is 4.98 Å². The molecule has 0 N–H and O–H groups in total. The van der Waals surface area contributed by atoms with Crippen LogP contribution in [0.5, 0.6) is 0 Å². The predicted molar refractivity (Wildman–Crippen MR) is 56.8 cm³/mol. The molecule has 0 spiro atoms. The molecule has 2 rings (SSSR count). The molecule has 1 aromatic carbocycles. The Balaban J connectivity index is 2.86. The summed E-state index contributed by atoms with van der Waals surface area (Å²) < 4.78 is 38.0. The normalized spacial score (nSPS) is 12.1. The van der Waals surface area contributed by atoms with Crippen molar-refractivity contribution in [3.8, 4) is 0 Å². The van der Waals surface area contributed by atoms with Gasteiger partial charge in [0.1, 0.15) is 5.15 Å². The quantitative estimate of drug-likeness (QED) is 0.637. The van der Waals surface area contributed by atoms with Crippen LogP contribution in [0.4, 0.5) is 13.2 Å². The van der Waals surface area contributed by atoms with Gasteiger partial charge in [0.05, 0.1) is 11.1 Å². The largest absolute Gasteiger partial charge is 0.418 e. The summed E-state index contributed by atoms with van der Waals surface area (Å²) in [5.41, 5.74) is -1.07. The van der Waals surface area contributed by atoms with E-state index in [4.69, 9.17) is 23.2 Å². The molecule has 0 amide bonds. The minimum absolute atomic E-state index is 0.000247. The topological polar surface area (TPSA) is 12.9 Å². The summed E-state index contributed by atoms with van der Waals surface area (Å²) in [5, 5.41) is 0.452.